The maximum Gasteiger partial charge on any atom is 0.175 e. The van der Waals surface area contributed by atoms with Crippen LogP contribution in [0.25, 0.3) is 0 Å². The van der Waals surface area contributed by atoms with Gasteiger partial charge in [-0.05, 0) is 32.4 Å². The summed E-state index contributed by atoms with van der Waals surface area (Å²) in [5, 5.41) is 21.2. The van der Waals surface area contributed by atoms with Crippen LogP contribution in [0.2, 0.25) is 0 Å². The van der Waals surface area contributed by atoms with Crippen molar-refractivity contribution in [3.05, 3.63) is 0 Å². The molecule has 0 amide bonds. The van der Waals surface area contributed by atoms with E-state index in [9.17, 15) is 5.11 Å². The fourth-order valence-corrected chi connectivity index (χ4v) is 4.33. The second-order valence-electron chi connectivity index (χ2n) is 4.77. The summed E-state index contributed by atoms with van der Waals surface area (Å²) in [6.07, 6.45) is 5.45. The predicted molar refractivity (Wildman–Crippen MR) is 78.7 cm³/mol. The molecule has 0 aliphatic heterocycles. The van der Waals surface area contributed by atoms with E-state index in [1.54, 1.807) is 34.9 Å². The van der Waals surface area contributed by atoms with Crippen molar-refractivity contribution in [3.8, 4) is 0 Å². The highest BCUT2D eigenvalue weighted by molar-refractivity contribution is 8.02. The van der Waals surface area contributed by atoms with Crippen molar-refractivity contribution in [1.82, 2.24) is 15.5 Å². The average Bonchev–Trinajstić information content (AvgIpc) is 3.05. The minimum absolute atomic E-state index is 0.152. The van der Waals surface area contributed by atoms with E-state index in [1.165, 1.54) is 12.8 Å². The average molecular weight is 305 g/mol. The minimum atomic E-state index is -0.152. The van der Waals surface area contributed by atoms with E-state index in [0.717, 1.165) is 20.9 Å². The maximum atomic E-state index is 9.50. The van der Waals surface area contributed by atoms with Gasteiger partial charge in [-0.3, -0.25) is 0 Å². The number of aliphatic hydroxyl groups is 1. The summed E-state index contributed by atoms with van der Waals surface area (Å²) in [4.78, 5) is 0. The van der Waals surface area contributed by atoms with E-state index in [0.29, 0.717) is 6.04 Å². The van der Waals surface area contributed by atoms with E-state index in [1.807, 2.05) is 6.26 Å². The summed E-state index contributed by atoms with van der Waals surface area (Å²) in [5.74, 6) is 0.958. The van der Waals surface area contributed by atoms with Crippen LogP contribution in [0.4, 0.5) is 0 Å². The van der Waals surface area contributed by atoms with Gasteiger partial charge in [0.2, 0.25) is 0 Å². The molecule has 1 heterocycles. The third-order valence-electron chi connectivity index (χ3n) is 2.92. The predicted octanol–water partition coefficient (Wildman–Crippen LogP) is 2.25. The number of rotatable bonds is 8. The van der Waals surface area contributed by atoms with Crippen LogP contribution in [-0.4, -0.2) is 45.5 Å². The second-order valence-corrected chi connectivity index (χ2v) is 8.15. The molecule has 1 aromatic rings. The van der Waals surface area contributed by atoms with Crippen LogP contribution < -0.4 is 5.32 Å². The molecular weight excluding hydrogens is 286 g/mol. The number of aromatic nitrogens is 2. The molecule has 1 aromatic heterocycles. The Hall–Kier alpha value is 0.180. The molecule has 0 radical (unpaired) electrons. The molecule has 102 valence electrons. The van der Waals surface area contributed by atoms with Crippen molar-refractivity contribution >= 4 is 34.9 Å². The number of hydrogen-bond donors (Lipinski definition) is 2. The van der Waals surface area contributed by atoms with Gasteiger partial charge in [-0.25, -0.2) is 0 Å². The van der Waals surface area contributed by atoms with Gasteiger partial charge in [0.1, 0.15) is 0 Å². The standard InChI is InChI=1S/C11H19N3OS3/c1-11(7-15,12-8-3-4-8)5-6-17-10-14-13-9(16-2)18-10/h8,12,15H,3-7H2,1-2H3. The summed E-state index contributed by atoms with van der Waals surface area (Å²) >= 11 is 4.99. The maximum absolute atomic E-state index is 9.50. The van der Waals surface area contributed by atoms with Crippen LogP contribution in [0.3, 0.4) is 0 Å². The first-order chi connectivity index (χ1) is 8.65. The number of hydrogen-bond acceptors (Lipinski definition) is 7. The van der Waals surface area contributed by atoms with Crippen molar-refractivity contribution in [2.75, 3.05) is 18.6 Å². The van der Waals surface area contributed by atoms with Gasteiger partial charge in [0.05, 0.1) is 6.61 Å². The van der Waals surface area contributed by atoms with Gasteiger partial charge in [0.15, 0.2) is 8.68 Å². The minimum Gasteiger partial charge on any atom is -0.394 e. The first-order valence-corrected chi connectivity index (χ1v) is 9.07. The van der Waals surface area contributed by atoms with E-state index < -0.39 is 0 Å². The normalized spacial score (nSPS) is 18.8. The third-order valence-corrected chi connectivity index (χ3v) is 5.95. The molecule has 0 aromatic carbocycles. The Morgan fingerprint density at radius 3 is 2.72 bits per heavy atom. The second kappa shape index (κ2) is 6.56. The Morgan fingerprint density at radius 2 is 2.17 bits per heavy atom. The van der Waals surface area contributed by atoms with E-state index in [2.05, 4.69) is 22.4 Å². The zero-order valence-corrected chi connectivity index (χ0v) is 13.1. The van der Waals surface area contributed by atoms with Crippen LogP contribution in [0.1, 0.15) is 26.2 Å². The van der Waals surface area contributed by atoms with E-state index in [4.69, 9.17) is 0 Å². The molecule has 0 spiro atoms. The van der Waals surface area contributed by atoms with Gasteiger partial charge >= 0.3 is 0 Å². The highest BCUT2D eigenvalue weighted by Gasteiger charge is 2.31. The largest absolute Gasteiger partial charge is 0.394 e. The lowest BCUT2D eigenvalue weighted by Crippen LogP contribution is -2.47. The fraction of sp³-hybridized carbons (Fsp3) is 0.818. The third kappa shape index (κ3) is 4.38. The van der Waals surface area contributed by atoms with Crippen LogP contribution in [0, 0.1) is 0 Å². The number of nitrogens with one attached hydrogen (secondary N) is 1. The molecule has 0 saturated heterocycles. The summed E-state index contributed by atoms with van der Waals surface area (Å²) in [6, 6.07) is 0.622. The van der Waals surface area contributed by atoms with Crippen LogP contribution >= 0.6 is 34.9 Å². The molecule has 1 atom stereocenters. The number of nitrogens with zero attached hydrogens (tertiary/aromatic N) is 2. The molecule has 1 aliphatic rings. The first kappa shape index (κ1) is 14.6. The molecule has 1 aliphatic carbocycles. The highest BCUT2D eigenvalue weighted by atomic mass is 32.2. The number of thioether (sulfide) groups is 2. The zero-order chi connectivity index (χ0) is 13.0. The topological polar surface area (TPSA) is 58.0 Å². The van der Waals surface area contributed by atoms with Crippen LogP contribution in [0.15, 0.2) is 8.68 Å². The summed E-state index contributed by atoms with van der Waals surface area (Å²) < 4.78 is 2.03. The molecule has 1 unspecified atom stereocenters. The van der Waals surface area contributed by atoms with Crippen LogP contribution in [-0.2, 0) is 0 Å². The summed E-state index contributed by atoms with van der Waals surface area (Å²) in [5.41, 5.74) is -0.152. The Balaban J connectivity index is 1.75. The van der Waals surface area contributed by atoms with Gasteiger partial charge in [0, 0.05) is 17.3 Å². The van der Waals surface area contributed by atoms with Crippen molar-refractivity contribution in [2.24, 2.45) is 0 Å². The molecule has 2 N–H and O–H groups in total. The SMILES string of the molecule is CSc1nnc(SCCC(C)(CO)NC2CC2)s1. The Labute approximate surface area is 120 Å². The van der Waals surface area contributed by atoms with Gasteiger partial charge in [-0.2, -0.15) is 0 Å². The Kier molecular flexibility index (Phi) is 5.32. The lowest BCUT2D eigenvalue weighted by molar-refractivity contribution is 0.169. The van der Waals surface area contributed by atoms with Crippen molar-refractivity contribution < 1.29 is 5.11 Å². The van der Waals surface area contributed by atoms with Crippen LogP contribution in [0.5, 0.6) is 0 Å². The van der Waals surface area contributed by atoms with Gasteiger partial charge in [0.25, 0.3) is 0 Å². The lowest BCUT2D eigenvalue weighted by Gasteiger charge is -2.28. The molecule has 7 heteroatoms. The van der Waals surface area contributed by atoms with E-state index in [-0.39, 0.29) is 12.1 Å². The fourth-order valence-electron chi connectivity index (χ4n) is 1.62. The first-order valence-electron chi connectivity index (χ1n) is 6.04. The summed E-state index contributed by atoms with van der Waals surface area (Å²) in [7, 11) is 0. The summed E-state index contributed by atoms with van der Waals surface area (Å²) in [6.45, 7) is 2.29. The molecule has 2 rings (SSSR count). The molecule has 0 bridgehead atoms. The molecule has 18 heavy (non-hydrogen) atoms. The zero-order valence-electron chi connectivity index (χ0n) is 10.7. The van der Waals surface area contributed by atoms with Crippen molar-refractivity contribution in [1.29, 1.82) is 0 Å². The monoisotopic (exact) mass is 305 g/mol. The smallest absolute Gasteiger partial charge is 0.175 e. The highest BCUT2D eigenvalue weighted by Crippen LogP contribution is 2.30. The van der Waals surface area contributed by atoms with E-state index >= 15 is 0 Å². The number of aliphatic hydroxyl groups excluding tert-OH is 1. The van der Waals surface area contributed by atoms with Gasteiger partial charge in [-0.15, -0.1) is 10.2 Å². The molecule has 4 nitrogen and oxygen atoms in total. The van der Waals surface area contributed by atoms with Gasteiger partial charge < -0.3 is 10.4 Å². The van der Waals surface area contributed by atoms with Crippen molar-refractivity contribution in [3.63, 3.8) is 0 Å². The quantitative estimate of drug-likeness (QED) is 0.718. The Bertz CT molecular complexity index is 383. The Morgan fingerprint density at radius 1 is 1.44 bits per heavy atom. The molecule has 1 fully saturated rings. The van der Waals surface area contributed by atoms with Crippen molar-refractivity contribution in [2.45, 2.75) is 46.4 Å². The molecule has 1 saturated carbocycles. The molecular formula is C11H19N3OS3. The lowest BCUT2D eigenvalue weighted by atomic mass is 10.0. The van der Waals surface area contributed by atoms with Gasteiger partial charge in [-0.1, -0.05) is 34.9 Å².